The smallest absolute Gasteiger partial charge is 0.223 e. The Morgan fingerprint density at radius 2 is 1.93 bits per heavy atom. The van der Waals surface area contributed by atoms with Crippen LogP contribution in [0.25, 0.3) is 11.4 Å². The number of carbonyl (C=O) groups excluding carboxylic acids is 1. The highest BCUT2D eigenvalue weighted by Crippen LogP contribution is 2.29. The van der Waals surface area contributed by atoms with Gasteiger partial charge < -0.3 is 10.2 Å². The Bertz CT molecular complexity index is 987. The first-order valence-electron chi connectivity index (χ1n) is 10.4. The molecule has 154 valence electrons. The summed E-state index contributed by atoms with van der Waals surface area (Å²) < 4.78 is 0. The predicted octanol–water partition coefficient (Wildman–Crippen LogP) is 3.80. The van der Waals surface area contributed by atoms with Crippen molar-refractivity contribution in [2.24, 2.45) is 5.92 Å². The Labute approximate surface area is 177 Å². The Morgan fingerprint density at radius 3 is 2.57 bits per heavy atom. The summed E-state index contributed by atoms with van der Waals surface area (Å²) in [6, 6.07) is 15.8. The highest BCUT2D eigenvalue weighted by Gasteiger charge is 2.28. The second-order valence-electron chi connectivity index (χ2n) is 7.99. The van der Waals surface area contributed by atoms with Crippen LogP contribution in [0.2, 0.25) is 0 Å². The second-order valence-corrected chi connectivity index (χ2v) is 7.99. The zero-order valence-corrected chi connectivity index (χ0v) is 17.5. The topological polar surface area (TPSA) is 71.0 Å². The molecule has 6 nitrogen and oxygen atoms in total. The first-order chi connectivity index (χ1) is 14.6. The predicted molar refractivity (Wildman–Crippen MR) is 118 cm³/mol. The van der Waals surface area contributed by atoms with Crippen LogP contribution in [-0.4, -0.2) is 35.0 Å². The fourth-order valence-corrected chi connectivity index (χ4v) is 3.52. The summed E-state index contributed by atoms with van der Waals surface area (Å²) >= 11 is 0. The third-order valence-corrected chi connectivity index (χ3v) is 5.54. The van der Waals surface area contributed by atoms with E-state index >= 15 is 0 Å². The van der Waals surface area contributed by atoms with Crippen LogP contribution < -0.4 is 10.2 Å². The molecule has 30 heavy (non-hydrogen) atoms. The minimum atomic E-state index is -0.224. The monoisotopic (exact) mass is 401 g/mol. The highest BCUT2D eigenvalue weighted by atomic mass is 16.2. The van der Waals surface area contributed by atoms with E-state index in [-0.39, 0.29) is 17.9 Å². The molecule has 0 radical (unpaired) electrons. The van der Waals surface area contributed by atoms with E-state index in [0.29, 0.717) is 12.2 Å². The zero-order valence-electron chi connectivity index (χ0n) is 17.5. The molecule has 0 bridgehead atoms. The Hall–Kier alpha value is -3.28. The van der Waals surface area contributed by atoms with Gasteiger partial charge in [0.15, 0.2) is 5.82 Å². The Morgan fingerprint density at radius 1 is 1.13 bits per heavy atom. The number of benzene rings is 1. The van der Waals surface area contributed by atoms with Crippen molar-refractivity contribution in [1.82, 2.24) is 20.3 Å². The van der Waals surface area contributed by atoms with Crippen molar-refractivity contribution in [3.8, 4) is 11.4 Å². The molecule has 1 aliphatic rings. The van der Waals surface area contributed by atoms with Crippen LogP contribution in [0, 0.1) is 5.92 Å². The van der Waals surface area contributed by atoms with Crippen molar-refractivity contribution in [3.63, 3.8) is 0 Å². The number of nitrogens with zero attached hydrogens (tertiary/aromatic N) is 4. The van der Waals surface area contributed by atoms with E-state index in [1.807, 2.05) is 55.4 Å². The summed E-state index contributed by atoms with van der Waals surface area (Å²) in [6.07, 6.45) is 7.24. The summed E-state index contributed by atoms with van der Waals surface area (Å²) in [5.74, 6) is 1.65. The first kappa shape index (κ1) is 20.0. The summed E-state index contributed by atoms with van der Waals surface area (Å²) in [6.45, 7) is 0. The molecule has 4 rings (SSSR count). The van der Waals surface area contributed by atoms with E-state index in [1.165, 1.54) is 0 Å². The molecule has 1 saturated carbocycles. The van der Waals surface area contributed by atoms with E-state index in [1.54, 1.807) is 12.4 Å². The molecular weight excluding hydrogens is 374 g/mol. The molecule has 1 atom stereocenters. The standard InChI is InChI=1S/C24H27N5O/c1-29(2)22-15-21(26-23(28-22)19-12-7-13-25-16-19)20(14-17-8-4-3-5-9-17)27-24(30)18-10-6-11-18/h3-5,7-9,12-13,15-16,18,20H,6,10-11,14H2,1-2H3,(H,27,30)/t20-/m0/s1. The van der Waals surface area contributed by atoms with Crippen molar-refractivity contribution in [3.05, 3.63) is 72.2 Å². The molecule has 1 N–H and O–H groups in total. The van der Waals surface area contributed by atoms with E-state index in [9.17, 15) is 4.79 Å². The average molecular weight is 402 g/mol. The number of hydrogen-bond donors (Lipinski definition) is 1. The van der Waals surface area contributed by atoms with Crippen LogP contribution in [0.15, 0.2) is 60.9 Å². The number of rotatable bonds is 7. The minimum absolute atomic E-state index is 0.120. The van der Waals surface area contributed by atoms with E-state index in [2.05, 4.69) is 22.4 Å². The van der Waals surface area contributed by atoms with Crippen LogP contribution >= 0.6 is 0 Å². The van der Waals surface area contributed by atoms with E-state index in [0.717, 1.165) is 41.9 Å². The normalized spacial score (nSPS) is 14.6. The number of hydrogen-bond acceptors (Lipinski definition) is 5. The van der Waals surface area contributed by atoms with Gasteiger partial charge in [-0.2, -0.15) is 0 Å². The maximum Gasteiger partial charge on any atom is 0.223 e. The Balaban J connectivity index is 1.72. The van der Waals surface area contributed by atoms with Crippen LogP contribution in [0.3, 0.4) is 0 Å². The van der Waals surface area contributed by atoms with Gasteiger partial charge in [0.25, 0.3) is 0 Å². The number of anilines is 1. The molecule has 1 fully saturated rings. The number of pyridine rings is 1. The summed E-state index contributed by atoms with van der Waals surface area (Å²) in [5.41, 5.74) is 2.82. The molecule has 2 aromatic heterocycles. The summed E-state index contributed by atoms with van der Waals surface area (Å²) in [5, 5.41) is 3.27. The number of amides is 1. The van der Waals surface area contributed by atoms with Crippen LogP contribution in [0.4, 0.5) is 5.82 Å². The SMILES string of the molecule is CN(C)c1cc([C@H](Cc2ccccc2)NC(=O)C2CCC2)nc(-c2cccnc2)n1. The Kier molecular flexibility index (Phi) is 6.02. The molecule has 3 aromatic rings. The van der Waals surface area contributed by atoms with Gasteiger partial charge in [-0.3, -0.25) is 9.78 Å². The second kappa shape index (κ2) is 9.03. The van der Waals surface area contributed by atoms with Gasteiger partial charge in [0, 0.05) is 44.0 Å². The lowest BCUT2D eigenvalue weighted by Crippen LogP contribution is -2.38. The molecule has 1 aromatic carbocycles. The minimum Gasteiger partial charge on any atom is -0.363 e. The third-order valence-electron chi connectivity index (χ3n) is 5.54. The molecule has 2 heterocycles. The van der Waals surface area contributed by atoms with E-state index in [4.69, 9.17) is 9.97 Å². The molecule has 1 aliphatic carbocycles. The van der Waals surface area contributed by atoms with Gasteiger partial charge in [0.1, 0.15) is 5.82 Å². The lowest BCUT2D eigenvalue weighted by Gasteiger charge is -2.28. The number of carbonyl (C=O) groups is 1. The molecule has 0 unspecified atom stereocenters. The van der Waals surface area contributed by atoms with Crippen molar-refractivity contribution < 1.29 is 4.79 Å². The molecule has 1 amide bonds. The molecule has 0 aliphatic heterocycles. The van der Waals surface area contributed by atoms with Crippen molar-refractivity contribution in [2.45, 2.75) is 31.7 Å². The summed E-state index contributed by atoms with van der Waals surface area (Å²) in [4.78, 5) is 28.5. The quantitative estimate of drug-likeness (QED) is 0.652. The van der Waals surface area contributed by atoms with Crippen molar-refractivity contribution in [1.29, 1.82) is 0 Å². The largest absolute Gasteiger partial charge is 0.363 e. The van der Waals surface area contributed by atoms with Gasteiger partial charge in [-0.1, -0.05) is 36.8 Å². The van der Waals surface area contributed by atoms with Gasteiger partial charge >= 0.3 is 0 Å². The van der Waals surface area contributed by atoms with Gasteiger partial charge in [0.2, 0.25) is 5.91 Å². The van der Waals surface area contributed by atoms with Crippen LogP contribution in [0.1, 0.15) is 36.6 Å². The maximum atomic E-state index is 12.8. The number of aromatic nitrogens is 3. The number of nitrogens with one attached hydrogen (secondary N) is 1. The maximum absolute atomic E-state index is 12.8. The molecular formula is C24H27N5O. The van der Waals surface area contributed by atoms with Gasteiger partial charge in [-0.25, -0.2) is 9.97 Å². The van der Waals surface area contributed by atoms with Gasteiger partial charge in [0.05, 0.1) is 11.7 Å². The highest BCUT2D eigenvalue weighted by molar-refractivity contribution is 5.80. The molecule has 0 saturated heterocycles. The van der Waals surface area contributed by atoms with Crippen LogP contribution in [-0.2, 0) is 11.2 Å². The van der Waals surface area contributed by atoms with Gasteiger partial charge in [-0.15, -0.1) is 0 Å². The lowest BCUT2D eigenvalue weighted by atomic mass is 9.84. The fraction of sp³-hybridized carbons (Fsp3) is 0.333. The van der Waals surface area contributed by atoms with Crippen molar-refractivity contribution >= 4 is 11.7 Å². The van der Waals surface area contributed by atoms with Crippen molar-refractivity contribution in [2.75, 3.05) is 19.0 Å². The molecule has 0 spiro atoms. The summed E-state index contributed by atoms with van der Waals surface area (Å²) in [7, 11) is 3.91. The zero-order chi connectivity index (χ0) is 20.9. The van der Waals surface area contributed by atoms with Crippen LogP contribution in [0.5, 0.6) is 0 Å². The first-order valence-corrected chi connectivity index (χ1v) is 10.4. The fourth-order valence-electron chi connectivity index (χ4n) is 3.52. The third kappa shape index (κ3) is 4.64. The van der Waals surface area contributed by atoms with E-state index < -0.39 is 0 Å². The van der Waals surface area contributed by atoms with Gasteiger partial charge in [-0.05, 0) is 37.0 Å². The molecule has 6 heteroatoms. The average Bonchev–Trinajstić information content (AvgIpc) is 2.73. The lowest BCUT2D eigenvalue weighted by molar-refractivity contribution is -0.128.